The number of aryl methyl sites for hydroxylation is 2. The number of benzene rings is 1. The maximum Gasteiger partial charge on any atom is 0.335 e. The molecule has 1 unspecified atom stereocenters. The van der Waals surface area contributed by atoms with Crippen LogP contribution in [0.15, 0.2) is 43.0 Å². The lowest BCUT2D eigenvalue weighted by atomic mass is 9.96. The van der Waals surface area contributed by atoms with Crippen molar-refractivity contribution in [3.63, 3.8) is 0 Å². The zero-order chi connectivity index (χ0) is 21.7. The van der Waals surface area contributed by atoms with Crippen LogP contribution in [0.4, 0.5) is 0 Å². The first kappa shape index (κ1) is 24.3. The van der Waals surface area contributed by atoms with E-state index in [0.29, 0.717) is 11.6 Å². The Bertz CT molecular complexity index is 820. The fourth-order valence-corrected chi connectivity index (χ4v) is 7.63. The topological polar surface area (TPSA) is 63.7 Å². The third-order valence-corrected chi connectivity index (χ3v) is 8.31. The zero-order valence-corrected chi connectivity index (χ0v) is 19.7. The van der Waals surface area contributed by atoms with Crippen molar-refractivity contribution in [3.05, 3.63) is 59.7 Å². The third-order valence-electron chi connectivity index (χ3n) is 4.40. The molecule has 5 nitrogen and oxygen atoms in total. The molecule has 0 fully saturated rings. The summed E-state index contributed by atoms with van der Waals surface area (Å²) in [6.07, 6.45) is 1.53. The van der Waals surface area contributed by atoms with E-state index < -0.39 is 30.1 Å². The van der Waals surface area contributed by atoms with Gasteiger partial charge in [0.1, 0.15) is 0 Å². The summed E-state index contributed by atoms with van der Waals surface area (Å²) in [5.41, 5.74) is 2.75. The molecule has 28 heavy (non-hydrogen) atoms. The Kier molecular flexibility index (Phi) is 8.40. The Morgan fingerprint density at radius 3 is 2.18 bits per heavy atom. The first-order chi connectivity index (χ1) is 12.8. The summed E-state index contributed by atoms with van der Waals surface area (Å²) in [7, 11) is -3.95. The fraction of sp³-hybridized carbons (Fsp3) is 0.476. The van der Waals surface area contributed by atoms with Gasteiger partial charge in [0.15, 0.2) is 0 Å². The van der Waals surface area contributed by atoms with Crippen LogP contribution in [0.5, 0.6) is 0 Å². The first-order valence-corrected chi connectivity index (χ1v) is 14.6. The second-order valence-electron chi connectivity index (χ2n) is 8.33. The maximum absolute atomic E-state index is 13.3. The predicted octanol–water partition coefficient (Wildman–Crippen LogP) is 4.23. The summed E-state index contributed by atoms with van der Waals surface area (Å²) in [6, 6.07) is 5.56. The molecule has 0 N–H and O–H groups in total. The van der Waals surface area contributed by atoms with E-state index in [-0.39, 0.29) is 17.9 Å². The van der Waals surface area contributed by atoms with E-state index in [4.69, 9.17) is 4.74 Å². The number of hydrogen-bond acceptors (Lipinski definition) is 4. The number of methoxy groups -OCH3 is 1. The van der Waals surface area contributed by atoms with Crippen LogP contribution in [-0.2, 0) is 19.6 Å². The zero-order valence-electron chi connectivity index (χ0n) is 17.9. The smallest absolute Gasteiger partial charge is 0.335 e. The Hall–Kier alpha value is -1.70. The van der Waals surface area contributed by atoms with Gasteiger partial charge in [0.2, 0.25) is 10.0 Å². The molecular formula is C21H33NO4SSi. The van der Waals surface area contributed by atoms with E-state index in [2.05, 4.69) is 32.8 Å². The number of rotatable bonds is 10. The second kappa shape index (κ2) is 9.67. The molecule has 0 heterocycles. The predicted molar refractivity (Wildman–Crippen MR) is 119 cm³/mol. The Morgan fingerprint density at radius 2 is 1.75 bits per heavy atom. The highest BCUT2D eigenvalue weighted by Gasteiger charge is 2.35. The molecule has 0 aliphatic carbocycles. The van der Waals surface area contributed by atoms with Crippen LogP contribution >= 0.6 is 0 Å². The van der Waals surface area contributed by atoms with Crippen molar-refractivity contribution in [1.29, 1.82) is 0 Å². The molecule has 7 heteroatoms. The number of esters is 1. The molecule has 156 valence electrons. The van der Waals surface area contributed by atoms with Gasteiger partial charge in [0.05, 0.1) is 24.5 Å². The van der Waals surface area contributed by atoms with Crippen LogP contribution in [0, 0.1) is 13.8 Å². The number of carbonyl (C=O) groups excluding carboxylic acids is 1. The van der Waals surface area contributed by atoms with Crippen molar-refractivity contribution in [1.82, 2.24) is 4.31 Å². The van der Waals surface area contributed by atoms with Gasteiger partial charge < -0.3 is 4.74 Å². The van der Waals surface area contributed by atoms with Crippen LogP contribution in [0.3, 0.4) is 0 Å². The molecular weight excluding hydrogens is 390 g/mol. The third kappa shape index (κ3) is 6.72. The van der Waals surface area contributed by atoms with Crippen LogP contribution in [0.1, 0.15) is 22.7 Å². The summed E-state index contributed by atoms with van der Waals surface area (Å²) in [6.45, 7) is 18.0. The van der Waals surface area contributed by atoms with Crippen LogP contribution in [0.25, 0.3) is 0 Å². The average Bonchev–Trinajstić information content (AvgIpc) is 2.57. The Morgan fingerprint density at radius 1 is 1.21 bits per heavy atom. The van der Waals surface area contributed by atoms with Gasteiger partial charge in [-0.15, -0.1) is 6.58 Å². The highest BCUT2D eigenvalue weighted by molar-refractivity contribution is 7.89. The monoisotopic (exact) mass is 423 g/mol. The van der Waals surface area contributed by atoms with E-state index >= 15 is 0 Å². The molecule has 0 amide bonds. The molecule has 0 aromatic heterocycles. The Labute approximate surface area is 171 Å². The number of sulfonamides is 1. The minimum Gasteiger partial charge on any atom is -0.466 e. The first-order valence-electron chi connectivity index (χ1n) is 9.28. The summed E-state index contributed by atoms with van der Waals surface area (Å²) in [5, 5.41) is 0. The van der Waals surface area contributed by atoms with Crippen molar-refractivity contribution in [2.45, 2.75) is 45.6 Å². The van der Waals surface area contributed by atoms with E-state index in [0.717, 1.165) is 11.1 Å². The van der Waals surface area contributed by atoms with Gasteiger partial charge in [-0.2, -0.15) is 4.31 Å². The standard InChI is InChI=1S/C21H33NO4SSi/c1-9-10-22(27(24,25)11-12-28(6,7)8)20(18(4)21(23)26-5)19-14-16(2)13-17(3)15-19/h9,13-15,20H,1,4,10-12H2,2-3,5-8H3. The number of ether oxygens (including phenoxy) is 1. The largest absolute Gasteiger partial charge is 0.466 e. The molecule has 0 aliphatic rings. The van der Waals surface area contributed by atoms with Gasteiger partial charge in [0.25, 0.3) is 0 Å². The van der Waals surface area contributed by atoms with Gasteiger partial charge in [-0.25, -0.2) is 13.2 Å². The molecule has 0 aliphatic heterocycles. The van der Waals surface area contributed by atoms with E-state index in [1.807, 2.05) is 32.0 Å². The molecule has 0 radical (unpaired) electrons. The van der Waals surface area contributed by atoms with Gasteiger partial charge in [-0.1, -0.05) is 61.6 Å². The minimum atomic E-state index is -3.65. The van der Waals surface area contributed by atoms with Crippen molar-refractivity contribution in [3.8, 4) is 0 Å². The van der Waals surface area contributed by atoms with E-state index in [1.165, 1.54) is 17.5 Å². The minimum absolute atomic E-state index is 0.0340. The van der Waals surface area contributed by atoms with Crippen molar-refractivity contribution in [2.24, 2.45) is 0 Å². The molecule has 0 saturated heterocycles. The van der Waals surface area contributed by atoms with Crippen LogP contribution in [-0.4, -0.2) is 46.2 Å². The molecule has 1 aromatic rings. The summed E-state index contributed by atoms with van der Waals surface area (Å²) in [5.74, 6) is -0.592. The molecule has 1 aromatic carbocycles. The van der Waals surface area contributed by atoms with Crippen molar-refractivity contribution < 1.29 is 17.9 Å². The van der Waals surface area contributed by atoms with Gasteiger partial charge in [0, 0.05) is 14.6 Å². The van der Waals surface area contributed by atoms with E-state index in [1.54, 1.807) is 0 Å². The fourth-order valence-electron chi connectivity index (χ4n) is 3.01. The van der Waals surface area contributed by atoms with Crippen molar-refractivity contribution >= 4 is 24.1 Å². The van der Waals surface area contributed by atoms with Gasteiger partial charge in [-0.05, 0) is 25.5 Å². The SMILES string of the molecule is C=CCN(C(C(=C)C(=O)OC)c1cc(C)cc(C)c1)S(=O)(=O)CC[Si](C)(C)C. The highest BCUT2D eigenvalue weighted by Crippen LogP contribution is 2.33. The maximum atomic E-state index is 13.3. The van der Waals surface area contributed by atoms with Crippen molar-refractivity contribution in [2.75, 3.05) is 19.4 Å². The number of carbonyl (C=O) groups is 1. The number of hydrogen-bond donors (Lipinski definition) is 0. The summed E-state index contributed by atoms with van der Waals surface area (Å²) >= 11 is 0. The summed E-state index contributed by atoms with van der Waals surface area (Å²) < 4.78 is 32.7. The number of nitrogens with zero attached hydrogens (tertiary/aromatic N) is 1. The molecule has 1 atom stereocenters. The van der Waals surface area contributed by atoms with Crippen LogP contribution < -0.4 is 0 Å². The molecule has 0 saturated carbocycles. The van der Waals surface area contributed by atoms with Gasteiger partial charge >= 0.3 is 5.97 Å². The molecule has 0 bridgehead atoms. The summed E-state index contributed by atoms with van der Waals surface area (Å²) in [4.78, 5) is 12.3. The Balaban J connectivity index is 3.54. The highest BCUT2D eigenvalue weighted by atomic mass is 32.2. The quantitative estimate of drug-likeness (QED) is 0.244. The van der Waals surface area contributed by atoms with Crippen LogP contribution in [0.2, 0.25) is 25.7 Å². The lowest BCUT2D eigenvalue weighted by Crippen LogP contribution is -2.40. The average molecular weight is 424 g/mol. The lowest BCUT2D eigenvalue weighted by molar-refractivity contribution is -0.136. The molecule has 1 rings (SSSR count). The lowest BCUT2D eigenvalue weighted by Gasteiger charge is -2.32. The second-order valence-corrected chi connectivity index (χ2v) is 16.0. The van der Waals surface area contributed by atoms with Gasteiger partial charge in [-0.3, -0.25) is 0 Å². The normalized spacial score (nSPS) is 13.2. The van der Waals surface area contributed by atoms with E-state index in [9.17, 15) is 13.2 Å². The molecule has 0 spiro atoms.